The zero-order chi connectivity index (χ0) is 14.1. The predicted molar refractivity (Wildman–Crippen MR) is 93.6 cm³/mol. The van der Waals surface area contributed by atoms with E-state index in [1.807, 2.05) is 0 Å². The van der Waals surface area contributed by atoms with Crippen LogP contribution in [0.15, 0.2) is 30.9 Å². The molecule has 0 radical (unpaired) electrons. The van der Waals surface area contributed by atoms with E-state index in [-0.39, 0.29) is 0 Å². The van der Waals surface area contributed by atoms with Gasteiger partial charge in [-0.1, -0.05) is 15.9 Å². The summed E-state index contributed by atoms with van der Waals surface area (Å²) >= 11 is 12.3. The van der Waals surface area contributed by atoms with E-state index >= 15 is 0 Å². The van der Waals surface area contributed by atoms with Crippen LogP contribution in [0.25, 0.3) is 0 Å². The van der Waals surface area contributed by atoms with Crippen molar-refractivity contribution < 1.29 is 4.74 Å². The molecule has 0 saturated carbocycles. The van der Waals surface area contributed by atoms with Crippen molar-refractivity contribution in [2.24, 2.45) is 0 Å². The summed E-state index contributed by atoms with van der Waals surface area (Å²) in [5.41, 5.74) is 2.53. The highest BCUT2D eigenvalue weighted by atomic mass is 79.9. The van der Waals surface area contributed by atoms with Crippen LogP contribution < -0.4 is 10.1 Å². The van der Waals surface area contributed by atoms with Gasteiger partial charge in [-0.25, -0.2) is 0 Å². The van der Waals surface area contributed by atoms with Crippen molar-refractivity contribution in [3.63, 3.8) is 0 Å². The van der Waals surface area contributed by atoms with Gasteiger partial charge in [0, 0.05) is 38.9 Å². The van der Waals surface area contributed by atoms with Gasteiger partial charge in [-0.3, -0.25) is 0 Å². The zero-order valence-electron chi connectivity index (χ0n) is 10.5. The largest absolute Gasteiger partial charge is 0.493 e. The van der Waals surface area contributed by atoms with Gasteiger partial charge in [-0.15, -0.1) is 11.3 Å². The van der Waals surface area contributed by atoms with Crippen LogP contribution in [0.3, 0.4) is 0 Å². The Morgan fingerprint density at radius 2 is 2.00 bits per heavy atom. The Hall–Kier alpha value is 0.120. The second-order valence-electron chi connectivity index (χ2n) is 4.59. The van der Waals surface area contributed by atoms with Gasteiger partial charge in [-0.2, -0.15) is 0 Å². The average molecular weight is 482 g/mol. The summed E-state index contributed by atoms with van der Waals surface area (Å²) in [6.45, 7) is 2.47. The lowest BCUT2D eigenvalue weighted by Gasteiger charge is -2.09. The fourth-order valence-electron chi connectivity index (χ4n) is 2.28. The first-order valence-electron chi connectivity index (χ1n) is 6.22. The first kappa shape index (κ1) is 15.0. The molecule has 2 nitrogen and oxygen atoms in total. The lowest BCUT2D eigenvalue weighted by Crippen LogP contribution is -2.12. The third-order valence-electron chi connectivity index (χ3n) is 3.14. The van der Waals surface area contributed by atoms with Crippen LogP contribution in [0.2, 0.25) is 0 Å². The maximum absolute atomic E-state index is 5.74. The Morgan fingerprint density at radius 1 is 1.15 bits per heavy atom. The van der Waals surface area contributed by atoms with Crippen molar-refractivity contribution in [1.82, 2.24) is 5.32 Å². The van der Waals surface area contributed by atoms with Gasteiger partial charge in [0.05, 0.1) is 10.4 Å². The minimum Gasteiger partial charge on any atom is -0.493 e. The molecule has 1 aromatic heterocycles. The third-order valence-corrected chi connectivity index (χ3v) is 6.85. The number of hydrogen-bond acceptors (Lipinski definition) is 3. The smallest absolute Gasteiger partial charge is 0.127 e. The number of thiophene rings is 1. The first-order valence-corrected chi connectivity index (χ1v) is 9.41. The first-order chi connectivity index (χ1) is 9.63. The van der Waals surface area contributed by atoms with E-state index < -0.39 is 0 Å². The molecule has 0 aliphatic carbocycles. The van der Waals surface area contributed by atoms with Gasteiger partial charge in [0.2, 0.25) is 0 Å². The molecule has 1 aliphatic heterocycles. The van der Waals surface area contributed by atoms with Crippen molar-refractivity contribution in [3.8, 4) is 5.75 Å². The van der Waals surface area contributed by atoms with Gasteiger partial charge >= 0.3 is 0 Å². The van der Waals surface area contributed by atoms with E-state index in [2.05, 4.69) is 71.3 Å². The molecule has 0 bridgehead atoms. The molecule has 1 aromatic carbocycles. The van der Waals surface area contributed by atoms with Crippen LogP contribution in [0.5, 0.6) is 5.75 Å². The van der Waals surface area contributed by atoms with E-state index in [0.717, 1.165) is 44.6 Å². The van der Waals surface area contributed by atoms with Crippen molar-refractivity contribution >= 4 is 59.1 Å². The molecule has 20 heavy (non-hydrogen) atoms. The number of hydrogen-bond donors (Lipinski definition) is 1. The normalized spacial score (nSPS) is 13.3. The summed E-state index contributed by atoms with van der Waals surface area (Å²) in [6.07, 6.45) is 1.01. The molecule has 1 N–H and O–H groups in total. The highest BCUT2D eigenvalue weighted by Gasteiger charge is 2.17. The van der Waals surface area contributed by atoms with Crippen molar-refractivity contribution in [2.75, 3.05) is 6.61 Å². The maximum Gasteiger partial charge on any atom is 0.127 e. The minimum absolute atomic E-state index is 0.795. The number of rotatable bonds is 4. The van der Waals surface area contributed by atoms with E-state index in [0.29, 0.717) is 0 Å². The molecular weight excluding hydrogens is 470 g/mol. The number of benzene rings is 1. The van der Waals surface area contributed by atoms with Gasteiger partial charge in [0.25, 0.3) is 0 Å². The van der Waals surface area contributed by atoms with Crippen LogP contribution >= 0.6 is 59.1 Å². The lowest BCUT2D eigenvalue weighted by molar-refractivity contribution is 0.352. The summed E-state index contributed by atoms with van der Waals surface area (Å²) in [7, 11) is 0. The molecule has 2 aromatic rings. The van der Waals surface area contributed by atoms with Crippen molar-refractivity contribution in [1.29, 1.82) is 0 Å². The SMILES string of the molecule is Brc1cc2c(c(CNCc3cc(Br)c(Br)s3)c1)OCC2. The molecule has 0 amide bonds. The Balaban J connectivity index is 1.67. The highest BCUT2D eigenvalue weighted by Crippen LogP contribution is 2.34. The van der Waals surface area contributed by atoms with Crippen LogP contribution in [0.4, 0.5) is 0 Å². The van der Waals surface area contributed by atoms with Crippen molar-refractivity contribution in [2.45, 2.75) is 19.5 Å². The molecule has 3 rings (SSSR count). The van der Waals surface area contributed by atoms with E-state index in [4.69, 9.17) is 4.74 Å². The fraction of sp³-hybridized carbons (Fsp3) is 0.286. The molecule has 1 aliphatic rings. The van der Waals surface area contributed by atoms with Gasteiger partial charge in [-0.05, 0) is 55.6 Å². The molecule has 106 valence electrons. The Kier molecular flexibility index (Phi) is 4.87. The van der Waals surface area contributed by atoms with E-state index in [9.17, 15) is 0 Å². The zero-order valence-corrected chi connectivity index (χ0v) is 16.1. The summed E-state index contributed by atoms with van der Waals surface area (Å²) in [4.78, 5) is 1.30. The quantitative estimate of drug-likeness (QED) is 0.643. The molecular formula is C14H12Br3NOS. The predicted octanol–water partition coefficient (Wildman–Crippen LogP) is 5.26. The second kappa shape index (κ2) is 6.48. The van der Waals surface area contributed by atoms with E-state index in [1.165, 1.54) is 16.0 Å². The number of nitrogens with one attached hydrogen (secondary N) is 1. The van der Waals surface area contributed by atoms with Crippen molar-refractivity contribution in [3.05, 3.63) is 46.9 Å². The van der Waals surface area contributed by atoms with Gasteiger partial charge in [0.15, 0.2) is 0 Å². The topological polar surface area (TPSA) is 21.3 Å². The van der Waals surface area contributed by atoms with Gasteiger partial charge in [0.1, 0.15) is 5.75 Å². The minimum atomic E-state index is 0.795. The maximum atomic E-state index is 5.74. The molecule has 0 unspecified atom stereocenters. The molecule has 0 fully saturated rings. The molecule has 0 spiro atoms. The van der Waals surface area contributed by atoms with Gasteiger partial charge < -0.3 is 10.1 Å². The Morgan fingerprint density at radius 3 is 2.75 bits per heavy atom. The summed E-state index contributed by atoms with van der Waals surface area (Å²) in [6, 6.07) is 6.43. The van der Waals surface area contributed by atoms with Crippen LogP contribution in [-0.4, -0.2) is 6.61 Å². The fourth-order valence-corrected chi connectivity index (χ4v) is 4.98. The standard InChI is InChI=1S/C14H12Br3NOS/c15-10-3-8-1-2-19-13(8)9(4-10)6-18-7-11-5-12(16)14(17)20-11/h3-5,18H,1-2,6-7H2. The number of halogens is 3. The Labute approximate surface area is 147 Å². The highest BCUT2D eigenvalue weighted by molar-refractivity contribution is 9.13. The van der Waals surface area contributed by atoms with Crippen LogP contribution in [-0.2, 0) is 19.5 Å². The summed E-state index contributed by atoms with van der Waals surface area (Å²) in [5, 5.41) is 3.48. The Bertz CT molecular complexity index is 622. The molecule has 0 saturated heterocycles. The second-order valence-corrected chi connectivity index (χ2v) is 8.81. The van der Waals surface area contributed by atoms with Crippen LogP contribution in [0, 0.1) is 0 Å². The molecule has 6 heteroatoms. The molecule has 2 heterocycles. The summed E-state index contributed by atoms with van der Waals surface area (Å²) in [5.74, 6) is 1.06. The number of ether oxygens (including phenoxy) is 1. The molecule has 0 atom stereocenters. The summed E-state index contributed by atoms with van der Waals surface area (Å²) < 4.78 is 9.12. The van der Waals surface area contributed by atoms with Crippen LogP contribution in [0.1, 0.15) is 16.0 Å². The lowest BCUT2D eigenvalue weighted by atomic mass is 10.1. The average Bonchev–Trinajstić information content (AvgIpc) is 2.97. The third kappa shape index (κ3) is 3.30. The van der Waals surface area contributed by atoms with E-state index in [1.54, 1.807) is 11.3 Å². The monoisotopic (exact) mass is 479 g/mol. The number of fused-ring (bicyclic) bond motifs is 1.